The molecule has 1 N–H and O–H groups in total. The second kappa shape index (κ2) is 4.97. The van der Waals surface area contributed by atoms with Crippen molar-refractivity contribution in [1.29, 1.82) is 0 Å². The number of hydrogen-bond acceptors (Lipinski definition) is 5. The zero-order valence-corrected chi connectivity index (χ0v) is 11.0. The lowest BCUT2D eigenvalue weighted by Gasteiger charge is -2.31. The van der Waals surface area contributed by atoms with E-state index in [0.29, 0.717) is 11.9 Å². The van der Waals surface area contributed by atoms with Crippen LogP contribution in [0.1, 0.15) is 6.92 Å². The molecule has 0 amide bonds. The molecule has 2 heterocycles. The summed E-state index contributed by atoms with van der Waals surface area (Å²) in [6, 6.07) is 0.465. The maximum absolute atomic E-state index is 5.16. The molecule has 0 aromatic carbocycles. The number of methoxy groups -OCH3 is 1. The van der Waals surface area contributed by atoms with E-state index in [2.05, 4.69) is 43.0 Å². The minimum atomic E-state index is 0.465. The molecule has 1 aromatic heterocycles. The standard InChI is InChI=1S/C10H15BrN4O/c1-7-6-15(4-3-12-7)10-13-5-8(11)9(14-10)16-2/h5,7,12H,3-4,6H2,1-2H3/t7-/m0/s1. The average Bonchev–Trinajstić information content (AvgIpc) is 2.29. The predicted octanol–water partition coefficient (Wildman–Crippen LogP) is 1.05. The first-order valence-electron chi connectivity index (χ1n) is 5.25. The van der Waals surface area contributed by atoms with Crippen LogP contribution in [0.2, 0.25) is 0 Å². The smallest absolute Gasteiger partial charge is 0.232 e. The lowest BCUT2D eigenvalue weighted by atomic mass is 10.2. The summed E-state index contributed by atoms with van der Waals surface area (Å²) >= 11 is 3.35. The SMILES string of the molecule is COc1nc(N2CCN[C@@H](C)C2)ncc1Br. The average molecular weight is 287 g/mol. The Morgan fingerprint density at radius 3 is 3.12 bits per heavy atom. The van der Waals surface area contributed by atoms with Gasteiger partial charge in [-0.05, 0) is 22.9 Å². The Hall–Kier alpha value is -0.880. The summed E-state index contributed by atoms with van der Waals surface area (Å²) in [6.45, 7) is 4.96. The summed E-state index contributed by atoms with van der Waals surface area (Å²) in [5, 5.41) is 3.38. The molecule has 0 radical (unpaired) electrons. The highest BCUT2D eigenvalue weighted by molar-refractivity contribution is 9.10. The summed E-state index contributed by atoms with van der Waals surface area (Å²) < 4.78 is 5.94. The third-order valence-corrected chi connectivity index (χ3v) is 3.09. The molecule has 0 bridgehead atoms. The van der Waals surface area contributed by atoms with Gasteiger partial charge in [0.2, 0.25) is 11.8 Å². The molecule has 0 aliphatic carbocycles. The normalized spacial score (nSPS) is 20.9. The van der Waals surface area contributed by atoms with Gasteiger partial charge in [0.1, 0.15) is 0 Å². The van der Waals surface area contributed by atoms with Gasteiger partial charge in [0.05, 0.1) is 17.8 Å². The number of hydrogen-bond donors (Lipinski definition) is 1. The van der Waals surface area contributed by atoms with Crippen molar-refractivity contribution < 1.29 is 4.74 Å². The Balaban J connectivity index is 2.19. The highest BCUT2D eigenvalue weighted by Gasteiger charge is 2.18. The van der Waals surface area contributed by atoms with Gasteiger partial charge in [0.15, 0.2) is 0 Å². The van der Waals surface area contributed by atoms with Gasteiger partial charge in [0, 0.05) is 25.7 Å². The van der Waals surface area contributed by atoms with E-state index in [-0.39, 0.29) is 0 Å². The van der Waals surface area contributed by atoms with Crippen molar-refractivity contribution in [1.82, 2.24) is 15.3 Å². The number of nitrogens with zero attached hydrogens (tertiary/aromatic N) is 3. The summed E-state index contributed by atoms with van der Waals surface area (Å²) in [7, 11) is 1.61. The van der Waals surface area contributed by atoms with Gasteiger partial charge in [-0.25, -0.2) is 4.98 Å². The third kappa shape index (κ3) is 2.44. The molecule has 0 saturated carbocycles. The molecule has 1 fully saturated rings. The van der Waals surface area contributed by atoms with Gasteiger partial charge < -0.3 is 15.0 Å². The summed E-state index contributed by atoms with van der Waals surface area (Å²) in [6.07, 6.45) is 1.73. The molecule has 1 aliphatic rings. The molecule has 2 rings (SSSR count). The molecule has 16 heavy (non-hydrogen) atoms. The second-order valence-corrected chi connectivity index (χ2v) is 4.68. The molecule has 1 aliphatic heterocycles. The van der Waals surface area contributed by atoms with Crippen molar-refractivity contribution in [3.63, 3.8) is 0 Å². The molecule has 1 aromatic rings. The maximum atomic E-state index is 5.16. The third-order valence-electron chi connectivity index (χ3n) is 2.54. The fraction of sp³-hybridized carbons (Fsp3) is 0.600. The maximum Gasteiger partial charge on any atom is 0.232 e. The molecule has 88 valence electrons. The van der Waals surface area contributed by atoms with Crippen LogP contribution in [0.15, 0.2) is 10.7 Å². The van der Waals surface area contributed by atoms with Crippen LogP contribution in [0.3, 0.4) is 0 Å². The molecule has 1 saturated heterocycles. The summed E-state index contributed by atoms with van der Waals surface area (Å²) in [4.78, 5) is 10.8. The van der Waals surface area contributed by atoms with Gasteiger partial charge in [0.25, 0.3) is 0 Å². The number of aromatic nitrogens is 2. The molecular weight excluding hydrogens is 272 g/mol. The predicted molar refractivity (Wildman–Crippen MR) is 66.0 cm³/mol. The Labute approximate surface area is 103 Å². The van der Waals surface area contributed by atoms with E-state index in [1.807, 2.05) is 0 Å². The van der Waals surface area contributed by atoms with Crippen molar-refractivity contribution in [2.45, 2.75) is 13.0 Å². The number of anilines is 1. The van der Waals surface area contributed by atoms with Crippen LogP contribution in [0.25, 0.3) is 0 Å². The first-order chi connectivity index (χ1) is 7.70. The van der Waals surface area contributed by atoms with Gasteiger partial charge in [-0.15, -0.1) is 0 Å². The fourth-order valence-corrected chi connectivity index (χ4v) is 2.11. The van der Waals surface area contributed by atoms with E-state index in [1.54, 1.807) is 13.3 Å². The van der Waals surface area contributed by atoms with Gasteiger partial charge >= 0.3 is 0 Å². The van der Waals surface area contributed by atoms with Crippen LogP contribution < -0.4 is 15.0 Å². The van der Waals surface area contributed by atoms with E-state index in [1.165, 1.54) is 0 Å². The molecule has 1 atom stereocenters. The monoisotopic (exact) mass is 286 g/mol. The Bertz CT molecular complexity index is 374. The van der Waals surface area contributed by atoms with E-state index >= 15 is 0 Å². The highest BCUT2D eigenvalue weighted by Crippen LogP contribution is 2.23. The van der Waals surface area contributed by atoms with E-state index < -0.39 is 0 Å². The van der Waals surface area contributed by atoms with Gasteiger partial charge in [-0.2, -0.15) is 4.98 Å². The largest absolute Gasteiger partial charge is 0.480 e. The van der Waals surface area contributed by atoms with E-state index in [9.17, 15) is 0 Å². The molecule has 0 spiro atoms. The van der Waals surface area contributed by atoms with E-state index in [0.717, 1.165) is 30.1 Å². The molecular formula is C10H15BrN4O. The zero-order chi connectivity index (χ0) is 11.5. The lowest BCUT2D eigenvalue weighted by Crippen LogP contribution is -2.49. The van der Waals surface area contributed by atoms with Crippen LogP contribution in [-0.4, -0.2) is 42.8 Å². The summed E-state index contributed by atoms with van der Waals surface area (Å²) in [5.41, 5.74) is 0. The molecule has 0 unspecified atom stereocenters. The number of halogens is 1. The first-order valence-corrected chi connectivity index (χ1v) is 6.05. The highest BCUT2D eigenvalue weighted by atomic mass is 79.9. The van der Waals surface area contributed by atoms with Crippen molar-refractivity contribution in [2.24, 2.45) is 0 Å². The van der Waals surface area contributed by atoms with Crippen molar-refractivity contribution in [3.05, 3.63) is 10.7 Å². The van der Waals surface area contributed by atoms with Crippen LogP contribution in [0.5, 0.6) is 5.88 Å². The molecule has 5 nitrogen and oxygen atoms in total. The zero-order valence-electron chi connectivity index (χ0n) is 9.40. The quantitative estimate of drug-likeness (QED) is 0.881. The van der Waals surface area contributed by atoms with Gasteiger partial charge in [-0.1, -0.05) is 0 Å². The van der Waals surface area contributed by atoms with Crippen LogP contribution in [-0.2, 0) is 0 Å². The Morgan fingerprint density at radius 1 is 1.62 bits per heavy atom. The van der Waals surface area contributed by atoms with E-state index in [4.69, 9.17) is 4.74 Å². The van der Waals surface area contributed by atoms with Crippen molar-refractivity contribution in [2.75, 3.05) is 31.6 Å². The second-order valence-electron chi connectivity index (χ2n) is 3.83. The minimum Gasteiger partial charge on any atom is -0.480 e. The number of ether oxygens (including phenoxy) is 1. The lowest BCUT2D eigenvalue weighted by molar-refractivity contribution is 0.392. The van der Waals surface area contributed by atoms with Crippen LogP contribution in [0, 0.1) is 0 Å². The van der Waals surface area contributed by atoms with Crippen LogP contribution >= 0.6 is 15.9 Å². The van der Waals surface area contributed by atoms with Crippen LogP contribution in [0.4, 0.5) is 5.95 Å². The van der Waals surface area contributed by atoms with Crippen molar-refractivity contribution in [3.8, 4) is 5.88 Å². The van der Waals surface area contributed by atoms with Gasteiger partial charge in [-0.3, -0.25) is 0 Å². The minimum absolute atomic E-state index is 0.465. The number of rotatable bonds is 2. The van der Waals surface area contributed by atoms with Crippen molar-refractivity contribution >= 4 is 21.9 Å². The first kappa shape index (κ1) is 11.6. The Morgan fingerprint density at radius 2 is 2.44 bits per heavy atom. The number of piperazine rings is 1. The number of nitrogens with one attached hydrogen (secondary N) is 1. The molecule has 6 heteroatoms. The Kier molecular flexibility index (Phi) is 3.60. The summed E-state index contributed by atoms with van der Waals surface area (Å²) in [5.74, 6) is 1.31. The fourth-order valence-electron chi connectivity index (χ4n) is 1.75. The topological polar surface area (TPSA) is 50.3 Å².